The Morgan fingerprint density at radius 2 is 0.795 bits per heavy atom. The van der Waals surface area contributed by atoms with E-state index in [9.17, 15) is 0 Å². The highest BCUT2D eigenvalue weighted by atomic mass is 15.0. The highest BCUT2D eigenvalue weighted by molar-refractivity contribution is 6.20. The molecule has 44 heavy (non-hydrogen) atoms. The van der Waals surface area contributed by atoms with Crippen molar-refractivity contribution in [1.82, 2.24) is 15.0 Å². The van der Waals surface area contributed by atoms with Gasteiger partial charge in [0.05, 0.1) is 0 Å². The first-order valence-corrected chi connectivity index (χ1v) is 14.9. The molecule has 0 saturated heterocycles. The van der Waals surface area contributed by atoms with Crippen LogP contribution in [0.1, 0.15) is 0 Å². The Morgan fingerprint density at radius 3 is 1.48 bits per heavy atom. The molecular weight excluding hydrogens is 534 g/mol. The second kappa shape index (κ2) is 9.82. The Balaban J connectivity index is 1.33. The van der Waals surface area contributed by atoms with Crippen LogP contribution in [0, 0.1) is 0 Å². The van der Waals surface area contributed by atoms with E-state index >= 15 is 0 Å². The molecule has 1 heterocycles. The summed E-state index contributed by atoms with van der Waals surface area (Å²) in [6, 6.07) is 53.5. The minimum atomic E-state index is 0.659. The summed E-state index contributed by atoms with van der Waals surface area (Å²) in [5.74, 6) is 1.98. The molecule has 0 aliphatic carbocycles. The fraction of sp³-hybridized carbons (Fsp3) is 0. The molecule has 9 rings (SSSR count). The van der Waals surface area contributed by atoms with Crippen molar-refractivity contribution in [2.24, 2.45) is 0 Å². The molecule has 0 radical (unpaired) electrons. The van der Waals surface area contributed by atoms with E-state index in [0.717, 1.165) is 38.2 Å². The predicted octanol–water partition coefficient (Wildman–Crippen LogP) is 10.6. The molecular formula is C41H25N3. The van der Waals surface area contributed by atoms with Gasteiger partial charge in [0.15, 0.2) is 17.5 Å². The van der Waals surface area contributed by atoms with Crippen molar-refractivity contribution in [3.63, 3.8) is 0 Å². The minimum absolute atomic E-state index is 0.659. The molecule has 0 unspecified atom stereocenters. The lowest BCUT2D eigenvalue weighted by Gasteiger charge is -2.13. The van der Waals surface area contributed by atoms with Crippen molar-refractivity contribution in [1.29, 1.82) is 0 Å². The van der Waals surface area contributed by atoms with Gasteiger partial charge in [-0.05, 0) is 60.6 Å². The molecule has 0 spiro atoms. The van der Waals surface area contributed by atoms with Gasteiger partial charge in [0.1, 0.15) is 0 Å². The molecule has 3 nitrogen and oxygen atoms in total. The summed E-state index contributed by atoms with van der Waals surface area (Å²) in [6.45, 7) is 0. The van der Waals surface area contributed by atoms with Crippen molar-refractivity contribution >= 4 is 53.9 Å². The van der Waals surface area contributed by atoms with Crippen LogP contribution in [0.2, 0.25) is 0 Å². The Bertz CT molecular complexity index is 2470. The zero-order valence-corrected chi connectivity index (χ0v) is 23.8. The number of benzene rings is 8. The molecule has 0 fully saturated rings. The summed E-state index contributed by atoms with van der Waals surface area (Å²) < 4.78 is 0. The van der Waals surface area contributed by atoms with E-state index < -0.39 is 0 Å². The minimum Gasteiger partial charge on any atom is -0.208 e. The summed E-state index contributed by atoms with van der Waals surface area (Å²) >= 11 is 0. The SMILES string of the molecule is c1ccc2cc(-c3nc(-c4ccc5ccccc5c4)nc(-c4cccc5ccc6c7ccccc7ccc6c45)n3)ccc2c1. The molecule has 204 valence electrons. The lowest BCUT2D eigenvalue weighted by Crippen LogP contribution is -2.01. The van der Waals surface area contributed by atoms with Crippen LogP contribution in [-0.4, -0.2) is 15.0 Å². The molecule has 0 atom stereocenters. The average Bonchev–Trinajstić information content (AvgIpc) is 3.10. The van der Waals surface area contributed by atoms with Crippen LogP contribution in [0.3, 0.4) is 0 Å². The molecule has 8 aromatic carbocycles. The third-order valence-electron chi connectivity index (χ3n) is 8.66. The monoisotopic (exact) mass is 559 g/mol. The Labute approximate surface area is 254 Å². The fourth-order valence-electron chi connectivity index (χ4n) is 6.47. The highest BCUT2D eigenvalue weighted by Gasteiger charge is 2.17. The topological polar surface area (TPSA) is 38.7 Å². The maximum absolute atomic E-state index is 5.17. The smallest absolute Gasteiger partial charge is 0.164 e. The van der Waals surface area contributed by atoms with Gasteiger partial charge in [-0.15, -0.1) is 0 Å². The Morgan fingerprint density at radius 1 is 0.295 bits per heavy atom. The molecule has 0 saturated carbocycles. The van der Waals surface area contributed by atoms with Crippen LogP contribution in [-0.2, 0) is 0 Å². The summed E-state index contributed by atoms with van der Waals surface area (Å²) in [5.41, 5.74) is 2.92. The van der Waals surface area contributed by atoms with Gasteiger partial charge in [-0.2, -0.15) is 0 Å². The molecule has 0 bridgehead atoms. The second-order valence-corrected chi connectivity index (χ2v) is 11.3. The van der Waals surface area contributed by atoms with Crippen molar-refractivity contribution in [3.8, 4) is 34.2 Å². The molecule has 0 aliphatic rings. The molecule has 0 N–H and O–H groups in total. The second-order valence-electron chi connectivity index (χ2n) is 11.3. The zero-order valence-electron chi connectivity index (χ0n) is 23.8. The molecule has 0 amide bonds. The molecule has 1 aromatic heterocycles. The third-order valence-corrected chi connectivity index (χ3v) is 8.66. The lowest BCUT2D eigenvalue weighted by molar-refractivity contribution is 1.08. The van der Waals surface area contributed by atoms with E-state index in [4.69, 9.17) is 15.0 Å². The molecule has 0 aliphatic heterocycles. The van der Waals surface area contributed by atoms with Gasteiger partial charge in [0.25, 0.3) is 0 Å². The summed E-state index contributed by atoms with van der Waals surface area (Å²) in [7, 11) is 0. The van der Waals surface area contributed by atoms with E-state index in [-0.39, 0.29) is 0 Å². The average molecular weight is 560 g/mol. The summed E-state index contributed by atoms with van der Waals surface area (Å²) in [5, 5.41) is 11.9. The van der Waals surface area contributed by atoms with E-state index in [1.807, 2.05) is 0 Å². The number of hydrogen-bond acceptors (Lipinski definition) is 3. The number of rotatable bonds is 3. The Kier molecular flexibility index (Phi) is 5.50. The highest BCUT2D eigenvalue weighted by Crippen LogP contribution is 2.37. The first kappa shape index (κ1) is 24.6. The van der Waals surface area contributed by atoms with Gasteiger partial charge in [-0.25, -0.2) is 15.0 Å². The van der Waals surface area contributed by atoms with Crippen LogP contribution in [0.15, 0.2) is 152 Å². The van der Waals surface area contributed by atoms with Gasteiger partial charge in [-0.3, -0.25) is 0 Å². The van der Waals surface area contributed by atoms with E-state index in [0.29, 0.717) is 17.5 Å². The number of nitrogens with zero attached hydrogens (tertiary/aromatic N) is 3. The summed E-state index contributed by atoms with van der Waals surface area (Å²) in [6.07, 6.45) is 0. The van der Waals surface area contributed by atoms with E-state index in [1.54, 1.807) is 0 Å². The zero-order chi connectivity index (χ0) is 29.0. The first-order valence-electron chi connectivity index (χ1n) is 14.9. The maximum atomic E-state index is 5.17. The van der Waals surface area contributed by atoms with Crippen LogP contribution < -0.4 is 0 Å². The maximum Gasteiger partial charge on any atom is 0.164 e. The molecule has 3 heteroatoms. The number of hydrogen-bond donors (Lipinski definition) is 0. The lowest BCUT2D eigenvalue weighted by atomic mass is 9.94. The van der Waals surface area contributed by atoms with Crippen LogP contribution in [0.25, 0.3) is 88.0 Å². The predicted molar refractivity (Wildman–Crippen MR) is 184 cm³/mol. The summed E-state index contributed by atoms with van der Waals surface area (Å²) in [4.78, 5) is 15.4. The van der Waals surface area contributed by atoms with Gasteiger partial charge in [0, 0.05) is 22.1 Å². The van der Waals surface area contributed by atoms with Gasteiger partial charge >= 0.3 is 0 Å². The fourth-order valence-corrected chi connectivity index (χ4v) is 6.47. The van der Waals surface area contributed by atoms with E-state index in [2.05, 4.69) is 152 Å². The standard InChI is InChI=1S/C41H25N3/c1-3-11-30-24-32(18-16-26(30)8-1)39-42-40(33-19-17-27-9-2-4-12-31(27)25-33)44-41(43-39)37-15-7-13-29-21-22-35-34-14-6-5-10-28(34)20-23-36(35)38(29)37/h1-25H. The van der Waals surface area contributed by atoms with Crippen molar-refractivity contribution in [2.45, 2.75) is 0 Å². The van der Waals surface area contributed by atoms with Gasteiger partial charge < -0.3 is 0 Å². The van der Waals surface area contributed by atoms with Crippen molar-refractivity contribution < 1.29 is 0 Å². The van der Waals surface area contributed by atoms with Crippen molar-refractivity contribution in [3.05, 3.63) is 152 Å². The van der Waals surface area contributed by atoms with Crippen LogP contribution in [0.5, 0.6) is 0 Å². The number of aromatic nitrogens is 3. The van der Waals surface area contributed by atoms with E-state index in [1.165, 1.54) is 32.3 Å². The first-order chi connectivity index (χ1) is 21.8. The normalized spacial score (nSPS) is 11.6. The van der Waals surface area contributed by atoms with Gasteiger partial charge in [0.2, 0.25) is 0 Å². The molecule has 9 aromatic rings. The Hall–Kier alpha value is -5.93. The quantitative estimate of drug-likeness (QED) is 0.202. The van der Waals surface area contributed by atoms with Crippen LogP contribution in [0.4, 0.5) is 0 Å². The van der Waals surface area contributed by atoms with Crippen LogP contribution >= 0.6 is 0 Å². The number of fused-ring (bicyclic) bond motifs is 7. The van der Waals surface area contributed by atoms with Gasteiger partial charge in [-0.1, -0.05) is 140 Å². The third kappa shape index (κ3) is 4.02. The van der Waals surface area contributed by atoms with Crippen molar-refractivity contribution in [2.75, 3.05) is 0 Å². The largest absolute Gasteiger partial charge is 0.208 e.